The zero-order valence-corrected chi connectivity index (χ0v) is 17.1. The van der Waals surface area contributed by atoms with Crippen molar-refractivity contribution >= 4 is 44.1 Å². The first kappa shape index (κ1) is 17.8. The largest absolute Gasteiger partial charge is 0.372 e. The highest BCUT2D eigenvalue weighted by Gasteiger charge is 2.22. The van der Waals surface area contributed by atoms with Crippen LogP contribution in [0.15, 0.2) is 53.1 Å². The number of aromatic nitrogens is 1. The van der Waals surface area contributed by atoms with E-state index in [4.69, 9.17) is 16.3 Å². The van der Waals surface area contributed by atoms with Gasteiger partial charge in [0.2, 0.25) is 0 Å². The molecule has 1 saturated heterocycles. The molecule has 2 heterocycles. The Kier molecular flexibility index (Phi) is 4.91. The molecule has 1 fully saturated rings. The average molecular weight is 432 g/mol. The van der Waals surface area contributed by atoms with Gasteiger partial charge in [0.1, 0.15) is 0 Å². The Balaban J connectivity index is 1.67. The summed E-state index contributed by atoms with van der Waals surface area (Å²) in [4.78, 5) is 6.97. The van der Waals surface area contributed by atoms with Gasteiger partial charge in [-0.25, -0.2) is 0 Å². The van der Waals surface area contributed by atoms with E-state index < -0.39 is 0 Å². The summed E-state index contributed by atoms with van der Waals surface area (Å²) < 4.78 is 6.78. The van der Waals surface area contributed by atoms with E-state index in [9.17, 15) is 0 Å². The molecule has 1 aromatic heterocycles. The molecule has 0 amide bonds. The Morgan fingerprint density at radius 1 is 1.08 bits per heavy atom. The van der Waals surface area contributed by atoms with Gasteiger partial charge in [0.25, 0.3) is 0 Å². The Morgan fingerprint density at radius 2 is 1.77 bits per heavy atom. The molecule has 0 aliphatic carbocycles. The van der Waals surface area contributed by atoms with Crippen LogP contribution in [-0.4, -0.2) is 30.3 Å². The quantitative estimate of drug-likeness (QED) is 0.503. The first-order chi connectivity index (χ1) is 12.5. The van der Waals surface area contributed by atoms with Gasteiger partial charge >= 0.3 is 0 Å². The highest BCUT2D eigenvalue weighted by atomic mass is 79.9. The van der Waals surface area contributed by atoms with Gasteiger partial charge in [0.15, 0.2) is 0 Å². The molecule has 0 unspecified atom stereocenters. The number of ether oxygens (including phenoxy) is 1. The maximum Gasteiger partial charge on any atom is 0.0859 e. The molecule has 1 aliphatic rings. The van der Waals surface area contributed by atoms with Gasteiger partial charge in [-0.3, -0.25) is 4.98 Å². The van der Waals surface area contributed by atoms with E-state index in [1.54, 1.807) is 0 Å². The topological polar surface area (TPSA) is 25.4 Å². The van der Waals surface area contributed by atoms with Crippen LogP contribution in [-0.2, 0) is 4.74 Å². The van der Waals surface area contributed by atoms with Gasteiger partial charge in [-0.05, 0) is 53.5 Å². The third-order valence-corrected chi connectivity index (χ3v) is 5.79. The Bertz CT molecular complexity index is 935. The molecule has 2 aromatic carbocycles. The average Bonchev–Trinajstić information content (AvgIpc) is 2.62. The molecule has 0 radical (unpaired) electrons. The summed E-state index contributed by atoms with van der Waals surface area (Å²) in [6.07, 6.45) is 2.34. The number of anilines is 1. The van der Waals surface area contributed by atoms with Crippen molar-refractivity contribution in [2.75, 3.05) is 18.0 Å². The SMILES string of the molecule is C[C@@H]1CN(c2ccc(-c3cnc4c(Br)cccc4c3Cl)cc2)C[C@H](C)O1. The van der Waals surface area contributed by atoms with Gasteiger partial charge < -0.3 is 9.64 Å². The standard InChI is InChI=1S/C21H20BrClN2O/c1-13-11-25(12-14(2)26-13)16-8-6-15(7-9-16)18-10-24-21-17(20(18)23)4-3-5-19(21)22/h3-10,13-14H,11-12H2,1-2H3/t13-,14+. The van der Waals surface area contributed by atoms with E-state index >= 15 is 0 Å². The van der Waals surface area contributed by atoms with E-state index in [0.717, 1.165) is 44.6 Å². The van der Waals surface area contributed by atoms with Crippen LogP contribution in [0.25, 0.3) is 22.0 Å². The highest BCUT2D eigenvalue weighted by molar-refractivity contribution is 9.10. The molecule has 0 saturated carbocycles. The molecule has 5 heteroatoms. The van der Waals surface area contributed by atoms with Crippen molar-refractivity contribution in [1.82, 2.24) is 4.98 Å². The third kappa shape index (κ3) is 3.34. The molecule has 134 valence electrons. The smallest absolute Gasteiger partial charge is 0.0859 e. The minimum atomic E-state index is 0.246. The van der Waals surface area contributed by atoms with Crippen molar-refractivity contribution in [2.24, 2.45) is 0 Å². The van der Waals surface area contributed by atoms with E-state index in [1.165, 1.54) is 5.69 Å². The van der Waals surface area contributed by atoms with E-state index in [1.807, 2.05) is 24.4 Å². The molecule has 4 rings (SSSR count). The Hall–Kier alpha value is -1.62. The van der Waals surface area contributed by atoms with Gasteiger partial charge in [0.05, 0.1) is 22.7 Å². The summed E-state index contributed by atoms with van der Waals surface area (Å²) in [6.45, 7) is 6.07. The minimum Gasteiger partial charge on any atom is -0.372 e. The van der Waals surface area contributed by atoms with Crippen LogP contribution in [0.3, 0.4) is 0 Å². The molecule has 3 nitrogen and oxygen atoms in total. The maximum atomic E-state index is 6.69. The summed E-state index contributed by atoms with van der Waals surface area (Å²) in [7, 11) is 0. The number of rotatable bonds is 2. The lowest BCUT2D eigenvalue weighted by Crippen LogP contribution is -2.45. The summed E-state index contributed by atoms with van der Waals surface area (Å²) in [5.41, 5.74) is 4.12. The molecule has 26 heavy (non-hydrogen) atoms. The van der Waals surface area contributed by atoms with Gasteiger partial charge in [-0.1, -0.05) is 35.9 Å². The number of hydrogen-bond acceptors (Lipinski definition) is 3. The van der Waals surface area contributed by atoms with Crippen molar-refractivity contribution in [1.29, 1.82) is 0 Å². The fourth-order valence-electron chi connectivity index (χ4n) is 3.60. The number of morpholine rings is 1. The Labute approximate surface area is 167 Å². The zero-order chi connectivity index (χ0) is 18.3. The van der Waals surface area contributed by atoms with Crippen LogP contribution in [0, 0.1) is 0 Å². The van der Waals surface area contributed by atoms with Gasteiger partial charge in [0, 0.05) is 40.4 Å². The molecular weight excluding hydrogens is 412 g/mol. The normalized spacial score (nSPS) is 20.5. The summed E-state index contributed by atoms with van der Waals surface area (Å²) in [6, 6.07) is 14.5. The molecular formula is C21H20BrClN2O. The lowest BCUT2D eigenvalue weighted by atomic mass is 10.0. The van der Waals surface area contributed by atoms with Crippen LogP contribution in [0.4, 0.5) is 5.69 Å². The van der Waals surface area contributed by atoms with E-state index in [2.05, 4.69) is 63.9 Å². The van der Waals surface area contributed by atoms with E-state index in [-0.39, 0.29) is 12.2 Å². The second-order valence-electron chi connectivity index (χ2n) is 6.83. The lowest BCUT2D eigenvalue weighted by molar-refractivity contribution is -0.00521. The first-order valence-corrected chi connectivity index (χ1v) is 9.93. The zero-order valence-electron chi connectivity index (χ0n) is 14.7. The number of pyridine rings is 1. The fourth-order valence-corrected chi connectivity index (χ4v) is 4.38. The highest BCUT2D eigenvalue weighted by Crippen LogP contribution is 2.36. The molecule has 0 bridgehead atoms. The summed E-state index contributed by atoms with van der Waals surface area (Å²) in [5, 5.41) is 1.69. The van der Waals surface area contributed by atoms with Crippen LogP contribution in [0.1, 0.15) is 13.8 Å². The van der Waals surface area contributed by atoms with Crippen LogP contribution >= 0.6 is 27.5 Å². The predicted octanol–water partition coefficient (Wildman–Crippen LogP) is 5.93. The Morgan fingerprint density at radius 3 is 2.46 bits per heavy atom. The molecule has 3 aromatic rings. The number of nitrogens with zero attached hydrogens (tertiary/aromatic N) is 2. The second kappa shape index (κ2) is 7.18. The van der Waals surface area contributed by atoms with Crippen molar-refractivity contribution in [3.63, 3.8) is 0 Å². The predicted molar refractivity (Wildman–Crippen MR) is 112 cm³/mol. The third-order valence-electron chi connectivity index (χ3n) is 4.75. The fraction of sp³-hybridized carbons (Fsp3) is 0.286. The van der Waals surface area contributed by atoms with Crippen LogP contribution < -0.4 is 4.90 Å². The number of para-hydroxylation sites is 1. The number of hydrogen-bond donors (Lipinski definition) is 0. The van der Waals surface area contributed by atoms with Gasteiger partial charge in [-0.15, -0.1) is 0 Å². The molecule has 0 N–H and O–H groups in total. The van der Waals surface area contributed by atoms with Crippen molar-refractivity contribution in [3.8, 4) is 11.1 Å². The summed E-state index contributed by atoms with van der Waals surface area (Å²) in [5.74, 6) is 0. The number of halogens is 2. The lowest BCUT2D eigenvalue weighted by Gasteiger charge is -2.36. The van der Waals surface area contributed by atoms with Crippen molar-refractivity contribution in [3.05, 3.63) is 58.2 Å². The molecule has 1 aliphatic heterocycles. The number of benzene rings is 2. The van der Waals surface area contributed by atoms with Crippen molar-refractivity contribution < 1.29 is 4.74 Å². The number of fused-ring (bicyclic) bond motifs is 1. The second-order valence-corrected chi connectivity index (χ2v) is 8.06. The van der Waals surface area contributed by atoms with Crippen molar-refractivity contribution in [2.45, 2.75) is 26.1 Å². The van der Waals surface area contributed by atoms with Crippen LogP contribution in [0.5, 0.6) is 0 Å². The van der Waals surface area contributed by atoms with Crippen LogP contribution in [0.2, 0.25) is 5.02 Å². The summed E-state index contributed by atoms with van der Waals surface area (Å²) >= 11 is 10.2. The molecule has 0 spiro atoms. The maximum absolute atomic E-state index is 6.69. The van der Waals surface area contributed by atoms with Gasteiger partial charge in [-0.2, -0.15) is 0 Å². The minimum absolute atomic E-state index is 0.246. The molecule has 2 atom stereocenters. The first-order valence-electron chi connectivity index (χ1n) is 8.76. The monoisotopic (exact) mass is 430 g/mol. The van der Waals surface area contributed by atoms with E-state index in [0.29, 0.717) is 0 Å².